The molecule has 0 aliphatic carbocycles. The molecule has 0 atom stereocenters. The van der Waals surface area contributed by atoms with Crippen LogP contribution < -0.4 is 15.1 Å². The van der Waals surface area contributed by atoms with Gasteiger partial charge in [0, 0.05) is 25.6 Å². The molecule has 0 radical (unpaired) electrons. The lowest BCUT2D eigenvalue weighted by Crippen LogP contribution is -2.43. The predicted octanol–water partition coefficient (Wildman–Crippen LogP) is 8.61. The first kappa shape index (κ1) is 39.9. The van der Waals surface area contributed by atoms with Gasteiger partial charge in [-0.25, -0.2) is 4.79 Å². The highest BCUT2D eigenvalue weighted by Crippen LogP contribution is 2.32. The fraction of sp³-hybridized carbons (Fsp3) is 0.550. The molecule has 0 saturated carbocycles. The number of nitrogens with one attached hydrogen (secondary N) is 1. The number of hydroxylamine groups is 1. The molecule has 1 fully saturated rings. The number of urea groups is 1. The lowest BCUT2D eigenvalue weighted by Gasteiger charge is -2.23. The van der Waals surface area contributed by atoms with Crippen molar-refractivity contribution in [3.8, 4) is 17.8 Å². The first-order valence-electron chi connectivity index (χ1n) is 18.4. The van der Waals surface area contributed by atoms with Crippen molar-refractivity contribution in [3.63, 3.8) is 0 Å². The van der Waals surface area contributed by atoms with E-state index in [1.807, 2.05) is 30.3 Å². The van der Waals surface area contributed by atoms with Crippen LogP contribution in [0.15, 0.2) is 48.5 Å². The largest absolute Gasteiger partial charge is 0.494 e. The van der Waals surface area contributed by atoms with E-state index in [-0.39, 0.29) is 30.4 Å². The number of carbonyl (C=O) groups excluding carboxylic acids is 4. The Kier molecular flexibility index (Phi) is 18.4. The summed E-state index contributed by atoms with van der Waals surface area (Å²) >= 11 is 0. The SMILES string of the molecule is CC#CON(C(=O)CN1C(=O)CN(Cc2ccccc2)C1=O)c1cc(NC(=O)CCCCCCCCCCCCCCCCC)ccc1OC. The second-order valence-electron chi connectivity index (χ2n) is 12.9. The molecule has 0 spiro atoms. The molecule has 1 saturated heterocycles. The molecule has 3 rings (SSSR count). The zero-order valence-corrected chi connectivity index (χ0v) is 30.3. The molecule has 2 aromatic rings. The Labute approximate surface area is 298 Å². The van der Waals surface area contributed by atoms with Gasteiger partial charge in [-0.2, -0.15) is 0 Å². The number of benzene rings is 2. The average molecular weight is 689 g/mol. The summed E-state index contributed by atoms with van der Waals surface area (Å²) in [5.74, 6) is 1.53. The number of unbranched alkanes of at least 4 members (excludes halogenated alkanes) is 14. The molecule has 50 heavy (non-hydrogen) atoms. The summed E-state index contributed by atoms with van der Waals surface area (Å²) < 4.78 is 5.48. The third kappa shape index (κ3) is 13.8. The maximum Gasteiger partial charge on any atom is 0.328 e. The molecule has 1 aliphatic rings. The Morgan fingerprint density at radius 1 is 0.840 bits per heavy atom. The molecular weight excluding hydrogens is 632 g/mol. The van der Waals surface area contributed by atoms with Gasteiger partial charge in [-0.15, -0.1) is 5.06 Å². The molecule has 0 unspecified atom stereocenters. The Bertz CT molecular complexity index is 1420. The summed E-state index contributed by atoms with van der Waals surface area (Å²) in [6.45, 7) is 3.35. The highest BCUT2D eigenvalue weighted by Gasteiger charge is 2.38. The molecule has 1 N–H and O–H groups in total. The van der Waals surface area contributed by atoms with Gasteiger partial charge in [0.15, 0.2) is 0 Å². The Morgan fingerprint density at radius 2 is 1.44 bits per heavy atom. The van der Waals surface area contributed by atoms with Gasteiger partial charge in [0.25, 0.3) is 11.8 Å². The van der Waals surface area contributed by atoms with Crippen molar-refractivity contribution >= 4 is 35.1 Å². The van der Waals surface area contributed by atoms with E-state index in [4.69, 9.17) is 9.57 Å². The number of imide groups is 1. The zero-order valence-electron chi connectivity index (χ0n) is 30.3. The predicted molar refractivity (Wildman–Crippen MR) is 197 cm³/mol. The van der Waals surface area contributed by atoms with Gasteiger partial charge in [-0.1, -0.05) is 133 Å². The number of hydrogen-bond donors (Lipinski definition) is 1. The van der Waals surface area contributed by atoms with E-state index in [9.17, 15) is 19.2 Å². The summed E-state index contributed by atoms with van der Waals surface area (Å²) in [4.78, 5) is 60.0. The van der Waals surface area contributed by atoms with Crippen molar-refractivity contribution in [2.24, 2.45) is 0 Å². The number of anilines is 2. The van der Waals surface area contributed by atoms with E-state index < -0.39 is 24.4 Å². The van der Waals surface area contributed by atoms with E-state index in [0.29, 0.717) is 12.1 Å². The second kappa shape index (κ2) is 23.0. The van der Waals surface area contributed by atoms with Gasteiger partial charge in [-0.05, 0) is 30.2 Å². The Balaban J connectivity index is 1.46. The highest BCUT2D eigenvalue weighted by atomic mass is 16.7. The fourth-order valence-corrected chi connectivity index (χ4v) is 6.01. The van der Waals surface area contributed by atoms with Crippen LogP contribution >= 0.6 is 0 Å². The standard InChI is InChI=1S/C40H56N4O6/c1-4-6-7-8-9-10-11-12-13-14-15-16-17-18-22-25-37(45)41-34-26-27-36(49-3)35(29-34)44(50-28-5-2)39(47)32-43-38(46)31-42(40(43)48)30-33-23-20-19-21-24-33/h19-21,23-24,26-27,29H,4,6-18,22,25,30-32H2,1-3H3,(H,41,45). The lowest BCUT2D eigenvalue weighted by atomic mass is 10.0. The zero-order chi connectivity index (χ0) is 36.0. The van der Waals surface area contributed by atoms with Crippen molar-refractivity contribution in [1.82, 2.24) is 9.80 Å². The normalized spacial score (nSPS) is 12.5. The van der Waals surface area contributed by atoms with Crippen LogP contribution in [-0.2, 0) is 25.8 Å². The smallest absolute Gasteiger partial charge is 0.328 e. The van der Waals surface area contributed by atoms with Gasteiger partial charge in [-0.3, -0.25) is 19.3 Å². The minimum atomic E-state index is -0.712. The van der Waals surface area contributed by atoms with Crippen molar-refractivity contribution in [2.75, 3.05) is 30.6 Å². The quantitative estimate of drug-likeness (QED) is 0.0512. The number of nitrogens with zero attached hydrogens (tertiary/aromatic N) is 3. The first-order valence-corrected chi connectivity index (χ1v) is 18.4. The van der Waals surface area contributed by atoms with Crippen LogP contribution in [-0.4, -0.2) is 53.8 Å². The summed E-state index contributed by atoms with van der Waals surface area (Å²) in [5, 5.41) is 3.79. The van der Waals surface area contributed by atoms with Gasteiger partial charge < -0.3 is 19.8 Å². The minimum Gasteiger partial charge on any atom is -0.494 e. The molecular formula is C40H56N4O6. The number of methoxy groups -OCH3 is 1. The summed E-state index contributed by atoms with van der Waals surface area (Å²) in [6.07, 6.45) is 21.7. The molecule has 272 valence electrons. The Hall–Kier alpha value is -4.52. The molecule has 10 heteroatoms. The van der Waals surface area contributed by atoms with Crippen molar-refractivity contribution < 1.29 is 28.8 Å². The molecule has 5 amide bonds. The average Bonchev–Trinajstić information content (AvgIpc) is 3.37. The van der Waals surface area contributed by atoms with Crippen LogP contribution in [0, 0.1) is 12.0 Å². The molecule has 1 heterocycles. The van der Waals surface area contributed by atoms with Gasteiger partial charge in [0.1, 0.15) is 30.6 Å². The lowest BCUT2D eigenvalue weighted by molar-refractivity contribution is -0.131. The third-order valence-corrected chi connectivity index (χ3v) is 8.79. The van der Waals surface area contributed by atoms with Crippen LogP contribution in [0.2, 0.25) is 0 Å². The first-order chi connectivity index (χ1) is 24.4. The molecule has 2 aromatic carbocycles. The van der Waals surface area contributed by atoms with E-state index in [0.717, 1.165) is 34.8 Å². The van der Waals surface area contributed by atoms with Gasteiger partial charge in [0.2, 0.25) is 5.91 Å². The topological polar surface area (TPSA) is 108 Å². The summed E-state index contributed by atoms with van der Waals surface area (Å²) in [6, 6.07) is 13.6. The van der Waals surface area contributed by atoms with E-state index in [2.05, 4.69) is 24.3 Å². The van der Waals surface area contributed by atoms with Crippen LogP contribution in [0.1, 0.15) is 122 Å². The molecule has 0 aromatic heterocycles. The van der Waals surface area contributed by atoms with Crippen LogP contribution in [0.5, 0.6) is 5.75 Å². The van der Waals surface area contributed by atoms with Crippen molar-refractivity contribution in [2.45, 2.75) is 123 Å². The molecule has 1 aliphatic heterocycles. The van der Waals surface area contributed by atoms with E-state index >= 15 is 0 Å². The summed E-state index contributed by atoms with van der Waals surface area (Å²) in [7, 11) is 1.44. The maximum atomic E-state index is 13.6. The van der Waals surface area contributed by atoms with Crippen LogP contribution in [0.4, 0.5) is 16.2 Å². The maximum absolute atomic E-state index is 13.6. The van der Waals surface area contributed by atoms with Gasteiger partial charge in [0.05, 0.1) is 7.11 Å². The van der Waals surface area contributed by atoms with Crippen LogP contribution in [0.3, 0.4) is 0 Å². The summed E-state index contributed by atoms with van der Waals surface area (Å²) in [5.41, 5.74) is 1.48. The molecule has 10 nitrogen and oxygen atoms in total. The van der Waals surface area contributed by atoms with E-state index in [1.54, 1.807) is 25.1 Å². The number of rotatable bonds is 24. The van der Waals surface area contributed by atoms with Gasteiger partial charge >= 0.3 is 6.03 Å². The Morgan fingerprint density at radius 3 is 2.02 bits per heavy atom. The minimum absolute atomic E-state index is 0.130. The number of carbonyl (C=O) groups is 4. The van der Waals surface area contributed by atoms with Crippen molar-refractivity contribution in [3.05, 3.63) is 54.1 Å². The third-order valence-electron chi connectivity index (χ3n) is 8.79. The monoisotopic (exact) mass is 688 g/mol. The molecule has 0 bridgehead atoms. The second-order valence-corrected chi connectivity index (χ2v) is 12.9. The number of hydrogen-bond acceptors (Lipinski definition) is 6. The van der Waals surface area contributed by atoms with Crippen molar-refractivity contribution in [1.29, 1.82) is 0 Å². The fourth-order valence-electron chi connectivity index (χ4n) is 6.01. The number of amides is 5. The highest BCUT2D eigenvalue weighted by molar-refractivity contribution is 6.07. The number of ether oxygens (including phenoxy) is 1. The van der Waals surface area contributed by atoms with Crippen LogP contribution in [0.25, 0.3) is 0 Å². The van der Waals surface area contributed by atoms with E-state index in [1.165, 1.54) is 89.1 Å².